The number of rotatable bonds is 3. The predicted molar refractivity (Wildman–Crippen MR) is 36.7 cm³/mol. The minimum Gasteiger partial charge on any atom is -0.481 e. The molecule has 4 atom stereocenters. The van der Waals surface area contributed by atoms with Crippen molar-refractivity contribution in [3.8, 4) is 0 Å². The molecule has 1 aliphatic carbocycles. The van der Waals surface area contributed by atoms with Gasteiger partial charge in [0.25, 0.3) is 0 Å². The molecule has 54 valence electrons. The zero-order valence-corrected chi connectivity index (χ0v) is 6.90. The van der Waals surface area contributed by atoms with Gasteiger partial charge in [-0.3, -0.25) is 4.79 Å². The Balaban J connectivity index is 2.59. The first-order chi connectivity index (χ1) is 4.72. The van der Waals surface area contributed by atoms with Crippen LogP contribution in [-0.4, -0.2) is 22.4 Å². The van der Waals surface area contributed by atoms with Gasteiger partial charge < -0.3 is 5.11 Å². The molecule has 4 nitrogen and oxygen atoms in total. The van der Waals surface area contributed by atoms with Gasteiger partial charge in [0.1, 0.15) is 0 Å². The molecule has 10 heavy (non-hydrogen) atoms. The van der Waals surface area contributed by atoms with E-state index >= 15 is 0 Å². The molecule has 6 heteroatoms. The zero-order chi connectivity index (χ0) is 7.72. The Bertz CT molecular complexity index is 178. The summed E-state index contributed by atoms with van der Waals surface area (Å²) in [6, 6.07) is 0. The summed E-state index contributed by atoms with van der Waals surface area (Å²) in [6.07, 6.45) is 0. The molecule has 1 rings (SSSR count). The summed E-state index contributed by atoms with van der Waals surface area (Å²) in [7, 11) is -1.28. The van der Waals surface area contributed by atoms with E-state index in [1.165, 1.54) is 0 Å². The second-order valence-corrected chi connectivity index (χ2v) is 3.96. The smallest absolute Gasteiger partial charge is 0.333 e. The van der Waals surface area contributed by atoms with E-state index in [-0.39, 0.29) is 11.3 Å². The zero-order valence-electron chi connectivity index (χ0n) is 4.90. The van der Waals surface area contributed by atoms with Gasteiger partial charge in [-0.1, -0.05) is 9.13 Å². The molecule has 0 saturated heterocycles. The summed E-state index contributed by atoms with van der Waals surface area (Å²) >= 11 is 0. The van der Waals surface area contributed by atoms with E-state index < -0.39 is 28.8 Å². The van der Waals surface area contributed by atoms with E-state index in [1.807, 2.05) is 0 Å². The van der Waals surface area contributed by atoms with E-state index in [0.717, 1.165) is 0 Å². The van der Waals surface area contributed by atoms with Crippen molar-refractivity contribution in [3.05, 3.63) is 0 Å². The lowest BCUT2D eigenvalue weighted by molar-refractivity contribution is -0.138. The van der Waals surface area contributed by atoms with Crippen molar-refractivity contribution in [3.63, 3.8) is 0 Å². The van der Waals surface area contributed by atoms with Crippen LogP contribution < -0.4 is 0 Å². The molecule has 0 radical (unpaired) electrons. The summed E-state index contributed by atoms with van der Waals surface area (Å²) in [6.45, 7) is 0. The monoisotopic (exact) mass is 180 g/mol. The van der Waals surface area contributed by atoms with Crippen LogP contribution in [0.5, 0.6) is 0 Å². The molecule has 1 aliphatic rings. The minimum absolute atomic E-state index is 0.353. The maximum Gasteiger partial charge on any atom is 0.333 e. The molecule has 0 aromatic heterocycles. The van der Waals surface area contributed by atoms with Gasteiger partial charge in [-0.15, -0.1) is 0 Å². The van der Waals surface area contributed by atoms with E-state index in [4.69, 9.17) is 5.11 Å². The fourth-order valence-corrected chi connectivity index (χ4v) is 2.99. The van der Waals surface area contributed by atoms with Gasteiger partial charge >= 0.3 is 22.9 Å². The van der Waals surface area contributed by atoms with Crippen molar-refractivity contribution in [1.29, 1.82) is 0 Å². The van der Waals surface area contributed by atoms with Crippen LogP contribution in [0.4, 0.5) is 0 Å². The minimum atomic E-state index is -0.985. The van der Waals surface area contributed by atoms with Crippen molar-refractivity contribution < 1.29 is 19.0 Å². The number of hydrogen-bond donors (Lipinski definition) is 1. The summed E-state index contributed by atoms with van der Waals surface area (Å²) in [5.74, 6) is -1.60. The lowest BCUT2D eigenvalue weighted by atomic mass is 10.4. The number of carboxylic acid groups (broad SMARTS) is 1. The molecular formula is C4H6O4P2+2. The van der Waals surface area contributed by atoms with E-state index in [1.54, 1.807) is 0 Å². The first-order valence-electron chi connectivity index (χ1n) is 2.70. The van der Waals surface area contributed by atoms with Gasteiger partial charge in [-0.2, -0.15) is 0 Å². The molecule has 0 heterocycles. The highest BCUT2D eigenvalue weighted by molar-refractivity contribution is 7.32. The number of carbonyl (C=O) groups is 1. The molecule has 4 unspecified atom stereocenters. The van der Waals surface area contributed by atoms with Crippen molar-refractivity contribution in [2.45, 2.75) is 11.3 Å². The second-order valence-electron chi connectivity index (χ2n) is 2.15. The standard InChI is InChI=1S/C4H4O4P2/c5-4(6)1-2(9-7)3(1)10-8/h1-3H,(H,5,6)/p+2. The third-order valence-corrected chi connectivity index (χ3v) is 3.89. The Labute approximate surface area is 60.0 Å². The lowest BCUT2D eigenvalue weighted by Crippen LogP contribution is -1.99. The Morgan fingerprint density at radius 1 is 1.20 bits per heavy atom. The van der Waals surface area contributed by atoms with Crippen LogP contribution in [0.2, 0.25) is 0 Å². The van der Waals surface area contributed by atoms with Gasteiger partial charge in [0.05, 0.1) is 0 Å². The van der Waals surface area contributed by atoms with Crippen LogP contribution >= 0.6 is 16.9 Å². The average molecular weight is 180 g/mol. The SMILES string of the molecule is O=[PH+]C1C([PH+]=O)C1C(=O)O. The highest BCUT2D eigenvalue weighted by Crippen LogP contribution is 2.48. The first-order valence-corrected chi connectivity index (χ1v) is 4.67. The molecule has 0 aromatic rings. The molecule has 0 bridgehead atoms. The van der Waals surface area contributed by atoms with Gasteiger partial charge in [0, 0.05) is 0 Å². The van der Waals surface area contributed by atoms with Crippen molar-refractivity contribution in [2.75, 3.05) is 0 Å². The molecule has 0 spiro atoms. The summed E-state index contributed by atoms with van der Waals surface area (Å²) in [5.41, 5.74) is -0.707. The van der Waals surface area contributed by atoms with Crippen molar-refractivity contribution >= 4 is 22.9 Å². The molecule has 0 aliphatic heterocycles. The summed E-state index contributed by atoms with van der Waals surface area (Å²) in [4.78, 5) is 10.2. The lowest BCUT2D eigenvalue weighted by Gasteiger charge is -1.74. The highest BCUT2D eigenvalue weighted by Gasteiger charge is 2.69. The van der Waals surface area contributed by atoms with Gasteiger partial charge in [-0.25, -0.2) is 0 Å². The maximum atomic E-state index is 10.2. The molecule has 1 saturated carbocycles. The van der Waals surface area contributed by atoms with Crippen LogP contribution in [0, 0.1) is 5.92 Å². The fourth-order valence-electron chi connectivity index (χ4n) is 0.911. The van der Waals surface area contributed by atoms with Gasteiger partial charge in [0.15, 0.2) is 5.92 Å². The molecular weight excluding hydrogens is 174 g/mol. The van der Waals surface area contributed by atoms with Crippen LogP contribution in [0.25, 0.3) is 0 Å². The largest absolute Gasteiger partial charge is 0.481 e. The Morgan fingerprint density at radius 3 is 1.70 bits per heavy atom. The molecule has 0 amide bonds. The highest BCUT2D eigenvalue weighted by atomic mass is 31.1. The van der Waals surface area contributed by atoms with Crippen LogP contribution in [0.3, 0.4) is 0 Å². The fraction of sp³-hybridized carbons (Fsp3) is 0.750. The molecule has 1 fully saturated rings. The van der Waals surface area contributed by atoms with Crippen LogP contribution in [-0.2, 0) is 13.9 Å². The Hall–Kier alpha value is -0.330. The topological polar surface area (TPSA) is 71.4 Å². The van der Waals surface area contributed by atoms with Crippen LogP contribution in [0.1, 0.15) is 0 Å². The van der Waals surface area contributed by atoms with Crippen molar-refractivity contribution in [2.24, 2.45) is 5.92 Å². The van der Waals surface area contributed by atoms with Gasteiger partial charge in [-0.05, 0) is 0 Å². The quantitative estimate of drug-likeness (QED) is 0.641. The van der Waals surface area contributed by atoms with E-state index in [0.29, 0.717) is 0 Å². The first kappa shape index (κ1) is 7.77. The Morgan fingerprint density at radius 2 is 1.60 bits per heavy atom. The molecule has 0 aromatic carbocycles. The average Bonchev–Trinajstić information content (AvgIpc) is 2.60. The molecule has 1 N–H and O–H groups in total. The van der Waals surface area contributed by atoms with Gasteiger partial charge in [0.2, 0.25) is 11.3 Å². The maximum absolute atomic E-state index is 10.2. The number of aliphatic carboxylic acids is 1. The predicted octanol–water partition coefficient (Wildman–Crippen LogP) is 0.486. The van der Waals surface area contributed by atoms with E-state index in [2.05, 4.69) is 0 Å². The summed E-state index contributed by atoms with van der Waals surface area (Å²) in [5, 5.41) is 8.39. The third kappa shape index (κ3) is 1.09. The van der Waals surface area contributed by atoms with Crippen LogP contribution in [0.15, 0.2) is 0 Å². The second kappa shape index (κ2) is 2.73. The summed E-state index contributed by atoms with van der Waals surface area (Å²) < 4.78 is 20.4. The normalized spacial score (nSPS) is 38.2. The Kier molecular flexibility index (Phi) is 2.12. The number of carboxylic acids is 1. The third-order valence-electron chi connectivity index (χ3n) is 1.58. The number of hydrogen-bond acceptors (Lipinski definition) is 3. The van der Waals surface area contributed by atoms with Crippen molar-refractivity contribution in [1.82, 2.24) is 0 Å². The van der Waals surface area contributed by atoms with E-state index in [9.17, 15) is 13.9 Å².